The Hall–Kier alpha value is -0.940. The average Bonchev–Trinajstić information content (AvgIpc) is 3.32. The summed E-state index contributed by atoms with van der Waals surface area (Å²) in [5.74, 6) is 2.71. The fourth-order valence-corrected chi connectivity index (χ4v) is 3.46. The number of hydrogen-bond acceptors (Lipinski definition) is 6. The van der Waals surface area contributed by atoms with E-state index in [2.05, 4.69) is 46.0 Å². The quantitative estimate of drug-likeness (QED) is 0.368. The van der Waals surface area contributed by atoms with Crippen molar-refractivity contribution in [3.8, 4) is 0 Å². The highest BCUT2D eigenvalue weighted by atomic mass is 127. The molecule has 0 radical (unpaired) electrons. The predicted molar refractivity (Wildman–Crippen MR) is 116 cm³/mol. The van der Waals surface area contributed by atoms with Crippen molar-refractivity contribution >= 4 is 29.9 Å². The Bertz CT molecular complexity index is 588. The normalized spacial score (nSPS) is 21.6. The van der Waals surface area contributed by atoms with E-state index in [0.29, 0.717) is 24.9 Å². The van der Waals surface area contributed by atoms with Crippen LogP contribution in [0.15, 0.2) is 9.52 Å². The molecule has 0 aromatic carbocycles. The Morgan fingerprint density at radius 3 is 2.74 bits per heavy atom. The summed E-state index contributed by atoms with van der Waals surface area (Å²) < 4.78 is 10.8. The first-order chi connectivity index (χ1) is 12.7. The van der Waals surface area contributed by atoms with Crippen LogP contribution in [0.5, 0.6) is 0 Å². The van der Waals surface area contributed by atoms with Crippen molar-refractivity contribution in [2.75, 3.05) is 52.5 Å². The number of aromatic nitrogens is 2. The number of morpholine rings is 1. The van der Waals surface area contributed by atoms with Gasteiger partial charge in [0.2, 0.25) is 5.89 Å². The second-order valence-corrected chi connectivity index (χ2v) is 7.22. The largest absolute Gasteiger partial charge is 0.379 e. The highest BCUT2D eigenvalue weighted by Gasteiger charge is 2.30. The van der Waals surface area contributed by atoms with Gasteiger partial charge in [-0.25, -0.2) is 0 Å². The zero-order valence-corrected chi connectivity index (χ0v) is 19.0. The fraction of sp³-hybridized carbons (Fsp3) is 0.833. The molecule has 1 aromatic heterocycles. The maximum atomic E-state index is 5.47. The van der Waals surface area contributed by atoms with Crippen LogP contribution in [0.2, 0.25) is 0 Å². The smallest absolute Gasteiger partial charge is 0.228 e. The number of nitrogens with one attached hydrogen (secondary N) is 1. The molecule has 1 aromatic rings. The highest BCUT2D eigenvalue weighted by Crippen LogP contribution is 2.17. The lowest BCUT2D eigenvalue weighted by molar-refractivity contribution is 0.0195. The summed E-state index contributed by atoms with van der Waals surface area (Å²) in [6, 6.07) is 0.604. The van der Waals surface area contributed by atoms with Gasteiger partial charge >= 0.3 is 0 Å². The minimum Gasteiger partial charge on any atom is -0.379 e. The zero-order chi connectivity index (χ0) is 18.4. The van der Waals surface area contributed by atoms with E-state index in [1.54, 1.807) is 0 Å². The lowest BCUT2D eigenvalue weighted by atomic mass is 10.2. The van der Waals surface area contributed by atoms with Gasteiger partial charge in [0.15, 0.2) is 11.8 Å². The molecule has 1 N–H and O–H groups in total. The van der Waals surface area contributed by atoms with Crippen molar-refractivity contribution in [3.63, 3.8) is 0 Å². The number of rotatable bonds is 6. The van der Waals surface area contributed by atoms with Gasteiger partial charge in [0.05, 0.1) is 19.8 Å². The molecular formula is C18H33IN6O2. The van der Waals surface area contributed by atoms with Gasteiger partial charge in [0.25, 0.3) is 0 Å². The number of nitrogens with zero attached hydrogens (tertiary/aromatic N) is 5. The number of hydrogen-bond donors (Lipinski definition) is 1. The highest BCUT2D eigenvalue weighted by molar-refractivity contribution is 14.0. The van der Waals surface area contributed by atoms with E-state index >= 15 is 0 Å². The van der Waals surface area contributed by atoms with Crippen molar-refractivity contribution < 1.29 is 9.26 Å². The van der Waals surface area contributed by atoms with Crippen LogP contribution in [-0.2, 0) is 11.2 Å². The topological polar surface area (TPSA) is 79.0 Å². The SMILES string of the molecule is CCNC(=NCCc1nc(C(C)C)no1)N1CCC(N2CCOCC2)C1.I. The molecule has 2 fully saturated rings. The van der Waals surface area contributed by atoms with Crippen molar-refractivity contribution in [1.29, 1.82) is 0 Å². The Morgan fingerprint density at radius 1 is 1.30 bits per heavy atom. The molecule has 3 heterocycles. The zero-order valence-electron chi connectivity index (χ0n) is 16.7. The molecule has 0 bridgehead atoms. The van der Waals surface area contributed by atoms with E-state index in [4.69, 9.17) is 14.3 Å². The van der Waals surface area contributed by atoms with E-state index < -0.39 is 0 Å². The van der Waals surface area contributed by atoms with Crippen LogP contribution in [0.4, 0.5) is 0 Å². The van der Waals surface area contributed by atoms with E-state index in [1.165, 1.54) is 6.42 Å². The van der Waals surface area contributed by atoms with Gasteiger partial charge in [-0.3, -0.25) is 9.89 Å². The summed E-state index contributed by atoms with van der Waals surface area (Å²) in [6.45, 7) is 13.6. The van der Waals surface area contributed by atoms with Crippen LogP contribution in [0.3, 0.4) is 0 Å². The first-order valence-corrected chi connectivity index (χ1v) is 9.85. The molecule has 0 aliphatic carbocycles. The molecular weight excluding hydrogens is 459 g/mol. The summed E-state index contributed by atoms with van der Waals surface area (Å²) in [4.78, 5) is 14.1. The molecule has 9 heteroatoms. The van der Waals surface area contributed by atoms with Crippen LogP contribution >= 0.6 is 24.0 Å². The fourth-order valence-electron chi connectivity index (χ4n) is 3.46. The Balaban J connectivity index is 0.00000261. The lowest BCUT2D eigenvalue weighted by Gasteiger charge is -2.32. The van der Waals surface area contributed by atoms with Crippen molar-refractivity contribution in [1.82, 2.24) is 25.3 Å². The molecule has 0 amide bonds. The second kappa shape index (κ2) is 11.2. The van der Waals surface area contributed by atoms with E-state index in [-0.39, 0.29) is 29.9 Å². The maximum absolute atomic E-state index is 5.47. The van der Waals surface area contributed by atoms with Gasteiger partial charge in [0.1, 0.15) is 0 Å². The average molecular weight is 492 g/mol. The van der Waals surface area contributed by atoms with Gasteiger partial charge in [-0.05, 0) is 13.3 Å². The minimum absolute atomic E-state index is 0. The van der Waals surface area contributed by atoms with Gasteiger partial charge in [-0.2, -0.15) is 4.98 Å². The number of halogens is 1. The Kier molecular flexibility index (Phi) is 9.24. The molecule has 27 heavy (non-hydrogen) atoms. The van der Waals surface area contributed by atoms with Crippen LogP contribution in [0.25, 0.3) is 0 Å². The molecule has 2 aliphatic heterocycles. The second-order valence-electron chi connectivity index (χ2n) is 7.22. The first-order valence-electron chi connectivity index (χ1n) is 9.85. The third kappa shape index (κ3) is 6.28. The Labute approximate surface area is 179 Å². The van der Waals surface area contributed by atoms with Crippen molar-refractivity contribution in [2.45, 2.75) is 45.6 Å². The number of guanidine groups is 1. The molecule has 1 atom stereocenters. The molecule has 8 nitrogen and oxygen atoms in total. The number of likely N-dealkylation sites (tertiary alicyclic amines) is 1. The molecule has 0 saturated carbocycles. The van der Waals surface area contributed by atoms with Gasteiger partial charge < -0.3 is 19.5 Å². The summed E-state index contributed by atoms with van der Waals surface area (Å²) in [7, 11) is 0. The van der Waals surface area contributed by atoms with Crippen LogP contribution in [-0.4, -0.2) is 84.4 Å². The lowest BCUT2D eigenvalue weighted by Crippen LogP contribution is -2.46. The summed E-state index contributed by atoms with van der Waals surface area (Å²) in [5.41, 5.74) is 0. The standard InChI is InChI=1S/C18H32N6O2.HI/c1-4-19-18(20-7-5-16-21-17(14(2)3)22-26-16)24-8-6-15(13-24)23-9-11-25-12-10-23;/h14-15H,4-13H2,1-3H3,(H,19,20);1H. The monoisotopic (exact) mass is 492 g/mol. The van der Waals surface area contributed by atoms with E-state index in [9.17, 15) is 0 Å². The summed E-state index contributed by atoms with van der Waals surface area (Å²) >= 11 is 0. The first kappa shape index (κ1) is 22.4. The number of ether oxygens (including phenoxy) is 1. The van der Waals surface area contributed by atoms with Crippen molar-refractivity contribution in [3.05, 3.63) is 11.7 Å². The van der Waals surface area contributed by atoms with E-state index in [0.717, 1.165) is 57.7 Å². The predicted octanol–water partition coefficient (Wildman–Crippen LogP) is 1.73. The molecule has 2 saturated heterocycles. The van der Waals surface area contributed by atoms with Gasteiger partial charge in [-0.1, -0.05) is 19.0 Å². The third-order valence-corrected chi connectivity index (χ3v) is 4.95. The maximum Gasteiger partial charge on any atom is 0.228 e. The van der Waals surface area contributed by atoms with Crippen molar-refractivity contribution in [2.24, 2.45) is 4.99 Å². The van der Waals surface area contributed by atoms with Crippen LogP contribution < -0.4 is 5.32 Å². The summed E-state index contributed by atoms with van der Waals surface area (Å²) in [6.07, 6.45) is 1.86. The molecule has 1 unspecified atom stereocenters. The minimum atomic E-state index is 0. The van der Waals surface area contributed by atoms with Gasteiger partial charge in [0, 0.05) is 51.1 Å². The van der Waals surface area contributed by atoms with Gasteiger partial charge in [-0.15, -0.1) is 24.0 Å². The third-order valence-electron chi connectivity index (χ3n) is 4.95. The number of aliphatic imine (C=N–C) groups is 1. The Morgan fingerprint density at radius 2 is 2.07 bits per heavy atom. The molecule has 2 aliphatic rings. The molecule has 154 valence electrons. The van der Waals surface area contributed by atoms with E-state index in [1.807, 2.05) is 0 Å². The summed E-state index contributed by atoms with van der Waals surface area (Å²) in [5, 5.41) is 7.44. The molecule has 3 rings (SSSR count). The van der Waals surface area contributed by atoms with Crippen LogP contribution in [0, 0.1) is 0 Å². The van der Waals surface area contributed by atoms with Crippen LogP contribution in [0.1, 0.15) is 44.8 Å². The molecule has 0 spiro atoms.